The van der Waals surface area contributed by atoms with Gasteiger partial charge in [0.2, 0.25) is 0 Å². The molecule has 5 aromatic rings. The fourth-order valence-electron chi connectivity index (χ4n) is 33.7. The predicted octanol–water partition coefficient (Wildman–Crippen LogP) is 3.49. The molecule has 27 aliphatic carbocycles. The summed E-state index contributed by atoms with van der Waals surface area (Å²) in [4.78, 5) is 0. The van der Waals surface area contributed by atoms with Gasteiger partial charge in [-0.2, -0.15) is 0 Å². The summed E-state index contributed by atoms with van der Waals surface area (Å²) in [5.74, 6) is 8.13. The molecule has 2 nitrogen and oxygen atoms in total. The molecule has 10 bridgehead atoms. The molecule has 18 unspecified atom stereocenters. The van der Waals surface area contributed by atoms with Crippen LogP contribution in [0.3, 0.4) is 0 Å². The average Bonchev–Trinajstić information content (AvgIpc) is 4.39. The summed E-state index contributed by atoms with van der Waals surface area (Å²) >= 11 is 0. The lowest BCUT2D eigenvalue weighted by atomic mass is 9.40. The van der Waals surface area contributed by atoms with Gasteiger partial charge in [-0.1, -0.05) is 0 Å². The van der Waals surface area contributed by atoms with Gasteiger partial charge in [-0.3, -0.25) is 0 Å². The van der Waals surface area contributed by atoms with Crippen molar-refractivity contribution in [3.05, 3.63) is 150 Å². The Bertz CT molecular complexity index is 5440. The highest BCUT2D eigenvalue weighted by Crippen LogP contribution is 3.00. The van der Waals surface area contributed by atoms with E-state index in [4.69, 9.17) is 0 Å². The second-order valence-electron chi connectivity index (χ2n) is 31.8. The van der Waals surface area contributed by atoms with Crippen molar-refractivity contribution in [2.24, 2.45) is 57.7 Å². The van der Waals surface area contributed by atoms with Gasteiger partial charge in [-0.15, -0.1) is 0 Å². The Morgan fingerprint density at radius 1 is 0.446 bits per heavy atom. The number of halogens is 2. The Hall–Kier alpha value is -4.08. The zero-order valence-corrected chi connectivity index (χ0v) is 45.3. The van der Waals surface area contributed by atoms with Crippen LogP contribution in [0.1, 0.15) is 144 Å². The summed E-state index contributed by atoms with van der Waals surface area (Å²) in [5, 5.41) is 15.2. The highest BCUT2D eigenvalue weighted by Gasteiger charge is 2.93. The summed E-state index contributed by atoms with van der Waals surface area (Å²) in [6.07, 6.45) is 0. The van der Waals surface area contributed by atoms with Crippen LogP contribution in [0, 0.1) is 57.7 Å². The number of benzene rings is 5. The minimum Gasteiger partial charge on any atom is -1.00 e. The quantitative estimate of drug-likeness (QED) is 0.145. The van der Waals surface area contributed by atoms with E-state index in [-0.39, 0.29) is 69.6 Å². The molecule has 4 spiro atoms. The maximum Gasteiger partial charge on any atom is 0.0930 e. The van der Waals surface area contributed by atoms with Crippen molar-refractivity contribution >= 4 is 82.5 Å². The lowest BCUT2D eigenvalue weighted by Crippen LogP contribution is -3.00. The number of rotatable bonds is 2. The summed E-state index contributed by atoms with van der Waals surface area (Å²) in [5.41, 5.74) is 68.6. The van der Waals surface area contributed by atoms with Crippen LogP contribution in [-0.4, -0.2) is 62.3 Å². The van der Waals surface area contributed by atoms with E-state index in [9.17, 15) is 0 Å². The molecule has 342 valence electrons. The van der Waals surface area contributed by atoms with E-state index >= 15 is 0 Å². The molecule has 1 saturated heterocycles. The molecule has 3 aliphatic heterocycles. The first-order valence-corrected chi connectivity index (χ1v) is 29.8. The predicted molar refractivity (Wildman–Crippen MR) is 272 cm³/mol. The van der Waals surface area contributed by atoms with E-state index in [1.165, 1.54) is 48.2 Å². The number of hydrogen-bond acceptors (Lipinski definition) is 0. The second-order valence-corrected chi connectivity index (χ2v) is 31.8. The lowest BCUT2D eigenvalue weighted by molar-refractivity contribution is -0.936. The van der Waals surface area contributed by atoms with Crippen molar-refractivity contribution in [2.45, 2.75) is 60.7 Å². The van der Waals surface area contributed by atoms with Crippen LogP contribution >= 0.6 is 0 Å². The van der Waals surface area contributed by atoms with E-state index in [0.29, 0.717) is 82.9 Å². The molecule has 0 amide bonds. The van der Waals surface area contributed by atoms with Crippen molar-refractivity contribution in [3.63, 3.8) is 0 Å². The third kappa shape index (κ3) is 1.80. The Morgan fingerprint density at radius 2 is 1.24 bits per heavy atom. The van der Waals surface area contributed by atoms with Crippen molar-refractivity contribution in [1.82, 2.24) is 0 Å². The van der Waals surface area contributed by atoms with Gasteiger partial charge in [-0.25, -0.2) is 0 Å². The standard InChI is InChI=1S/C70H38N2.2HI/c1-5-72(6-2)7-67-57-42-31-24-14-11-12-15-13(14)17-19-25-23(15)32-28-18(12)22-21-16(11)20-26(24)39(42)45-40-30(20)34(21)49-50-35(22)36(28)51-56-63(50)69-9-71(3,4)10-70(69)64(54(60(45)67)52(40)62(49)69)55-53-48-41-37(29(19)33(27(17)31)46(57)47(41)61(55)67)44-38(25)43(32)59(51)68(8-72,58(44)48)65(56)66(53)70;;/h18,20,33,42-43,46,48,52-53,57-60,62H,5-10H2,1-4H3;2*1H/q+2;;/p-2. The van der Waals surface area contributed by atoms with Crippen LogP contribution in [0.25, 0.3) is 82.5 Å². The maximum atomic E-state index is 2.79. The normalized spacial score (nSPS) is 49.8. The van der Waals surface area contributed by atoms with E-state index in [2.05, 4.69) is 83.7 Å². The second kappa shape index (κ2) is 7.50. The molecule has 3 saturated carbocycles. The highest BCUT2D eigenvalue weighted by atomic mass is 127. The number of likely N-dealkylation sites (N-methyl/N-ethyl adjacent to an activating group) is 1. The molecule has 0 radical (unpaired) electrons. The van der Waals surface area contributed by atoms with Crippen molar-refractivity contribution in [3.8, 4) is 0 Å². The summed E-state index contributed by atoms with van der Waals surface area (Å²) in [7, 11) is 5.57. The fraction of sp³-hybridized carbons (Fsp3) is 0.400. The van der Waals surface area contributed by atoms with E-state index < -0.39 is 0 Å². The zero-order chi connectivity index (χ0) is 43.6. The lowest BCUT2D eigenvalue weighted by Gasteiger charge is -2.63. The minimum atomic E-state index is 0. The van der Waals surface area contributed by atoms with E-state index in [0.717, 1.165) is 0 Å². The van der Waals surface area contributed by atoms with Gasteiger partial charge in [0, 0.05) is 76.9 Å². The zero-order valence-electron chi connectivity index (χ0n) is 41.0. The first-order chi connectivity index (χ1) is 35.4. The summed E-state index contributed by atoms with van der Waals surface area (Å²) < 4.78 is 2.56. The van der Waals surface area contributed by atoms with Crippen LogP contribution in [0.2, 0.25) is 0 Å². The fourth-order valence-corrected chi connectivity index (χ4v) is 33.7. The van der Waals surface area contributed by atoms with Crippen LogP contribution in [0.5, 0.6) is 0 Å². The number of quaternary nitrogens is 2. The van der Waals surface area contributed by atoms with Crippen LogP contribution in [0.4, 0.5) is 0 Å². The van der Waals surface area contributed by atoms with Crippen molar-refractivity contribution in [1.29, 1.82) is 0 Å². The van der Waals surface area contributed by atoms with E-state index in [1.54, 1.807) is 0 Å². The molecule has 30 aliphatic rings. The maximum absolute atomic E-state index is 2.79. The molecular formula is C70H38I2N2. The molecule has 74 heavy (non-hydrogen) atoms. The number of fused-ring (bicyclic) bond motifs is 2. The van der Waals surface area contributed by atoms with Gasteiger partial charge in [0.05, 0.1) is 75.0 Å². The van der Waals surface area contributed by atoms with Crippen LogP contribution in [0.15, 0.2) is 50.2 Å². The number of hydrogen-bond donors (Lipinski definition) is 0. The molecule has 0 aromatic heterocycles. The Labute approximate surface area is 456 Å². The van der Waals surface area contributed by atoms with Gasteiger partial charge >= 0.3 is 0 Å². The monoisotopic (exact) mass is 1160 g/mol. The minimum absolute atomic E-state index is 0. The summed E-state index contributed by atoms with van der Waals surface area (Å²) in [6, 6.07) is 0. The largest absolute Gasteiger partial charge is 1.00 e. The van der Waals surface area contributed by atoms with Gasteiger partial charge in [-0.05, 0) is 252 Å². The van der Waals surface area contributed by atoms with Crippen molar-refractivity contribution in [2.75, 3.05) is 53.4 Å². The van der Waals surface area contributed by atoms with Gasteiger partial charge in [0.1, 0.15) is 0 Å². The molecule has 4 heteroatoms. The Kier molecular flexibility index (Phi) is 3.37. The topological polar surface area (TPSA) is 0 Å². The summed E-state index contributed by atoms with van der Waals surface area (Å²) in [6.45, 7) is 13.7. The molecule has 0 N–H and O–H groups in total. The average molecular weight is 1160 g/mol. The Morgan fingerprint density at radius 3 is 2.14 bits per heavy atom. The molecule has 4 fully saturated rings. The van der Waals surface area contributed by atoms with Gasteiger partial charge < -0.3 is 56.9 Å². The smallest absolute Gasteiger partial charge is 0.0930 e. The molecule has 3 heterocycles. The van der Waals surface area contributed by atoms with Gasteiger partial charge in [0.25, 0.3) is 0 Å². The Balaban J connectivity index is 0.00000169. The number of nitrogens with zero attached hydrogens (tertiary/aromatic N) is 2. The van der Waals surface area contributed by atoms with Crippen molar-refractivity contribution < 1.29 is 56.9 Å². The first-order valence-electron chi connectivity index (χ1n) is 29.8. The SMILES string of the molecule is CC[N+]1(CC)CC23C4=C5C6C7=C8C9=C%10c%11c(c%12c%13c%14c%15c%16c%17c%18c%19c%20c%16c%13c%11C%20C9C9C%19C%11=C%18C%13C%16=c%18c%19c%20c%21c(c4c4c%20c%20c%18=C%13C%13=C%11C(C%11=C7C57C[N+](C)(C)CC47C%20C%13%11)C89C1)C2C%12C%14=C%21C%19C%15=C%16%17)C3C%106.[I-].[I-]. The van der Waals surface area contributed by atoms with E-state index in [1.807, 2.05) is 176 Å². The molecular weight excluding hydrogens is 1120 g/mol. The van der Waals surface area contributed by atoms with Crippen LogP contribution in [-0.2, 0) is 5.41 Å². The molecule has 18 atom stereocenters. The number of allylic oxidation sites excluding steroid dienone is 12. The third-order valence-electron chi connectivity index (χ3n) is 32.3. The molecule has 5 aromatic carbocycles. The first kappa shape index (κ1) is 33.3. The van der Waals surface area contributed by atoms with Gasteiger partial charge in [0.15, 0.2) is 0 Å². The highest BCUT2D eigenvalue weighted by molar-refractivity contribution is 6.45. The molecule has 35 rings (SSSR count). The third-order valence-corrected chi connectivity index (χ3v) is 32.3. The number of likely N-dealkylation sites (tertiary alicyclic amines) is 1. The van der Waals surface area contributed by atoms with Crippen LogP contribution < -0.4 is 58.4 Å².